The van der Waals surface area contributed by atoms with Gasteiger partial charge in [0.1, 0.15) is 5.75 Å². The maximum absolute atomic E-state index is 10.8. The highest BCUT2D eigenvalue weighted by molar-refractivity contribution is 5.88. The Labute approximate surface area is 167 Å². The van der Waals surface area contributed by atoms with Gasteiger partial charge in [-0.2, -0.15) is 0 Å². The minimum absolute atomic E-state index is 0. The molecule has 6 heteroatoms. The molecule has 2 aromatic rings. The van der Waals surface area contributed by atoms with E-state index in [2.05, 4.69) is 34.5 Å². The first-order chi connectivity index (χ1) is 11.8. The van der Waals surface area contributed by atoms with Crippen molar-refractivity contribution in [3.63, 3.8) is 0 Å². The number of nitrogens with zero attached hydrogens (tertiary/aromatic N) is 1. The van der Waals surface area contributed by atoms with Gasteiger partial charge in [0.25, 0.3) is 0 Å². The molecular weight excluding hydrogens is 371 g/mol. The number of ether oxygens (including phenoxy) is 1. The van der Waals surface area contributed by atoms with Crippen molar-refractivity contribution in [2.24, 2.45) is 5.92 Å². The molecule has 2 aliphatic heterocycles. The molecule has 4 nitrogen and oxygen atoms in total. The predicted molar refractivity (Wildman–Crippen MR) is 111 cm³/mol. The van der Waals surface area contributed by atoms with E-state index in [9.17, 15) is 5.11 Å². The number of nitrogens with one attached hydrogen (secondary N) is 1. The molecule has 0 amide bonds. The summed E-state index contributed by atoms with van der Waals surface area (Å²) in [5.74, 6) is 0.970. The van der Waals surface area contributed by atoms with Crippen molar-refractivity contribution in [3.8, 4) is 5.75 Å². The highest BCUT2D eigenvalue weighted by Crippen LogP contribution is 2.42. The van der Waals surface area contributed by atoms with Gasteiger partial charge in [-0.15, -0.1) is 24.8 Å². The van der Waals surface area contributed by atoms with Gasteiger partial charge >= 0.3 is 0 Å². The van der Waals surface area contributed by atoms with Crippen molar-refractivity contribution >= 4 is 35.6 Å². The van der Waals surface area contributed by atoms with E-state index in [0.29, 0.717) is 11.7 Å². The maximum Gasteiger partial charge on any atom is 0.121 e. The molecule has 0 bridgehead atoms. The second-order valence-corrected chi connectivity index (χ2v) is 6.90. The number of rotatable bonds is 3. The number of phenolic OH excluding ortho intramolecular Hbond substituents is 1. The number of hydrogen-bond acceptors (Lipinski definition) is 4. The zero-order valence-electron chi connectivity index (χ0n) is 14.9. The number of fused-ring (bicyclic) bond motifs is 1. The van der Waals surface area contributed by atoms with E-state index in [1.54, 1.807) is 0 Å². The molecule has 2 aliphatic rings. The predicted octanol–water partition coefficient (Wildman–Crippen LogP) is 3.76. The van der Waals surface area contributed by atoms with E-state index in [0.717, 1.165) is 57.8 Å². The van der Waals surface area contributed by atoms with Gasteiger partial charge < -0.3 is 15.2 Å². The first-order valence-corrected chi connectivity index (χ1v) is 9.08. The summed E-state index contributed by atoms with van der Waals surface area (Å²) < 4.78 is 5.60. The Balaban J connectivity index is 0.00000121. The molecule has 0 radical (unpaired) electrons. The second-order valence-electron chi connectivity index (χ2n) is 6.90. The summed E-state index contributed by atoms with van der Waals surface area (Å²) in [4.78, 5) is 2.56. The minimum atomic E-state index is 0. The molecule has 0 aromatic heterocycles. The number of hydrogen-bond donors (Lipinski definition) is 2. The van der Waals surface area contributed by atoms with Gasteiger partial charge in [-0.3, -0.25) is 4.90 Å². The van der Waals surface area contributed by atoms with Crippen molar-refractivity contribution in [1.82, 2.24) is 10.2 Å². The SMILES string of the molecule is Cl.Cl.Oc1ccc2ccccc2c1[C@H](C1CCOCC1)N1CCNCC1. The number of benzene rings is 2. The van der Waals surface area contributed by atoms with Crippen LogP contribution in [0, 0.1) is 5.92 Å². The van der Waals surface area contributed by atoms with Crippen LogP contribution in [0.15, 0.2) is 36.4 Å². The summed E-state index contributed by atoms with van der Waals surface area (Å²) in [7, 11) is 0. The largest absolute Gasteiger partial charge is 0.508 e. The summed E-state index contributed by atoms with van der Waals surface area (Å²) in [5, 5.41) is 16.6. The fourth-order valence-electron chi connectivity index (χ4n) is 4.30. The Morgan fingerprint density at radius 1 is 1.00 bits per heavy atom. The molecule has 0 spiro atoms. The Kier molecular flexibility index (Phi) is 7.99. The van der Waals surface area contributed by atoms with Crippen molar-refractivity contribution in [3.05, 3.63) is 42.0 Å². The van der Waals surface area contributed by atoms with Gasteiger partial charge in [-0.25, -0.2) is 0 Å². The van der Waals surface area contributed by atoms with E-state index in [4.69, 9.17) is 4.74 Å². The molecule has 0 saturated carbocycles. The molecule has 2 fully saturated rings. The Hall–Kier alpha value is -1.04. The highest BCUT2D eigenvalue weighted by atomic mass is 35.5. The van der Waals surface area contributed by atoms with E-state index in [1.807, 2.05) is 12.1 Å². The Morgan fingerprint density at radius 3 is 2.42 bits per heavy atom. The van der Waals surface area contributed by atoms with Gasteiger partial charge in [-0.1, -0.05) is 30.3 Å². The average molecular weight is 399 g/mol. The third kappa shape index (κ3) is 4.26. The summed E-state index contributed by atoms with van der Waals surface area (Å²) in [6.07, 6.45) is 2.13. The van der Waals surface area contributed by atoms with Crippen molar-refractivity contribution in [1.29, 1.82) is 0 Å². The van der Waals surface area contributed by atoms with Gasteiger partial charge in [0.15, 0.2) is 0 Å². The molecule has 1 atom stereocenters. The average Bonchev–Trinajstić information content (AvgIpc) is 2.66. The standard InChI is InChI=1S/C20H26N2O2.2ClH/c23-18-6-5-15-3-1-2-4-17(15)19(18)20(16-7-13-24-14-8-16)22-11-9-21-10-12-22;;/h1-6,16,20-21,23H,7-14H2;2*1H/t20-;;/m0../s1. The molecule has 2 saturated heterocycles. The first kappa shape index (κ1) is 21.3. The second kappa shape index (κ2) is 9.77. The van der Waals surface area contributed by atoms with Crippen LogP contribution in [0.2, 0.25) is 0 Å². The Bertz CT molecular complexity index is 683. The molecule has 144 valence electrons. The molecule has 0 unspecified atom stereocenters. The van der Waals surface area contributed by atoms with E-state index < -0.39 is 0 Å². The van der Waals surface area contributed by atoms with Crippen molar-refractivity contribution in [2.45, 2.75) is 18.9 Å². The quantitative estimate of drug-likeness (QED) is 0.825. The lowest BCUT2D eigenvalue weighted by atomic mass is 9.83. The van der Waals surface area contributed by atoms with Crippen LogP contribution in [0.4, 0.5) is 0 Å². The lowest BCUT2D eigenvalue weighted by Crippen LogP contribution is -2.47. The number of phenols is 1. The molecule has 2 N–H and O–H groups in total. The van der Waals surface area contributed by atoms with Crippen LogP contribution in [0.5, 0.6) is 5.75 Å². The fourth-order valence-corrected chi connectivity index (χ4v) is 4.30. The topological polar surface area (TPSA) is 44.7 Å². The monoisotopic (exact) mass is 398 g/mol. The molecule has 0 aliphatic carbocycles. The number of aromatic hydroxyl groups is 1. The fraction of sp³-hybridized carbons (Fsp3) is 0.500. The lowest BCUT2D eigenvalue weighted by Gasteiger charge is -2.41. The van der Waals surface area contributed by atoms with Crippen LogP contribution >= 0.6 is 24.8 Å². The number of piperazine rings is 1. The normalized spacial score (nSPS) is 20.2. The summed E-state index contributed by atoms with van der Waals surface area (Å²) in [6.45, 7) is 5.77. The molecule has 4 rings (SSSR count). The van der Waals surface area contributed by atoms with Crippen molar-refractivity contribution in [2.75, 3.05) is 39.4 Å². The zero-order valence-corrected chi connectivity index (χ0v) is 16.5. The van der Waals surface area contributed by atoms with Gasteiger partial charge in [0.2, 0.25) is 0 Å². The third-order valence-electron chi connectivity index (χ3n) is 5.50. The van der Waals surface area contributed by atoms with E-state index in [-0.39, 0.29) is 30.9 Å². The summed E-state index contributed by atoms with van der Waals surface area (Å²) >= 11 is 0. The van der Waals surface area contributed by atoms with Crippen LogP contribution in [-0.4, -0.2) is 49.4 Å². The molecular formula is C20H28Cl2N2O2. The van der Waals surface area contributed by atoms with Crippen LogP contribution in [0.3, 0.4) is 0 Å². The first-order valence-electron chi connectivity index (χ1n) is 9.08. The molecule has 2 heterocycles. The zero-order chi connectivity index (χ0) is 16.4. The number of halogens is 2. The van der Waals surface area contributed by atoms with Gasteiger partial charge in [0, 0.05) is 51.0 Å². The van der Waals surface area contributed by atoms with Crippen molar-refractivity contribution < 1.29 is 9.84 Å². The van der Waals surface area contributed by atoms with Crippen LogP contribution < -0.4 is 5.32 Å². The smallest absolute Gasteiger partial charge is 0.121 e. The highest BCUT2D eigenvalue weighted by Gasteiger charge is 2.33. The Morgan fingerprint density at radius 2 is 1.69 bits per heavy atom. The molecule has 2 aromatic carbocycles. The van der Waals surface area contributed by atoms with E-state index in [1.165, 1.54) is 10.8 Å². The van der Waals surface area contributed by atoms with Crippen LogP contribution in [0.25, 0.3) is 10.8 Å². The van der Waals surface area contributed by atoms with Crippen LogP contribution in [0.1, 0.15) is 24.4 Å². The summed E-state index contributed by atoms with van der Waals surface area (Å²) in [5.41, 5.74) is 1.11. The summed E-state index contributed by atoms with van der Waals surface area (Å²) in [6, 6.07) is 12.6. The van der Waals surface area contributed by atoms with Crippen LogP contribution in [-0.2, 0) is 4.74 Å². The van der Waals surface area contributed by atoms with Gasteiger partial charge in [0.05, 0.1) is 0 Å². The maximum atomic E-state index is 10.8. The minimum Gasteiger partial charge on any atom is -0.508 e. The third-order valence-corrected chi connectivity index (χ3v) is 5.50. The lowest BCUT2D eigenvalue weighted by molar-refractivity contribution is 0.0211. The molecule has 26 heavy (non-hydrogen) atoms. The van der Waals surface area contributed by atoms with Gasteiger partial charge in [-0.05, 0) is 35.6 Å². The van der Waals surface area contributed by atoms with E-state index >= 15 is 0 Å².